The first-order valence-electron chi connectivity index (χ1n) is 9.05. The molecule has 0 aliphatic heterocycles. The highest BCUT2D eigenvalue weighted by Gasteiger charge is 2.35. The average Bonchev–Trinajstić information content (AvgIpc) is 3.16. The zero-order chi connectivity index (χ0) is 18.4. The summed E-state index contributed by atoms with van der Waals surface area (Å²) in [4.78, 5) is 24.4. The molecule has 1 aliphatic rings. The number of benzene rings is 1. The largest absolute Gasteiger partial charge is 0.383 e. The van der Waals surface area contributed by atoms with Crippen molar-refractivity contribution in [3.63, 3.8) is 0 Å². The zero-order valence-corrected chi connectivity index (χ0v) is 15.1. The molecule has 3 rings (SSSR count). The van der Waals surface area contributed by atoms with Gasteiger partial charge in [-0.2, -0.15) is 5.10 Å². The van der Waals surface area contributed by atoms with Crippen molar-refractivity contribution >= 4 is 5.91 Å². The van der Waals surface area contributed by atoms with Crippen LogP contribution in [0.15, 0.2) is 47.3 Å². The molecule has 6 nitrogen and oxygen atoms in total. The van der Waals surface area contributed by atoms with E-state index in [1.54, 1.807) is 7.11 Å². The summed E-state index contributed by atoms with van der Waals surface area (Å²) >= 11 is 0. The van der Waals surface area contributed by atoms with Crippen molar-refractivity contribution in [2.75, 3.05) is 20.3 Å². The van der Waals surface area contributed by atoms with E-state index in [9.17, 15) is 9.59 Å². The number of carbonyl (C=O) groups is 1. The van der Waals surface area contributed by atoms with E-state index < -0.39 is 0 Å². The molecule has 1 amide bonds. The summed E-state index contributed by atoms with van der Waals surface area (Å²) in [5.74, 6) is -0.252. The monoisotopic (exact) mass is 355 g/mol. The molecule has 1 N–H and O–H groups in total. The van der Waals surface area contributed by atoms with Crippen molar-refractivity contribution in [1.29, 1.82) is 0 Å². The maximum absolute atomic E-state index is 12.6. The predicted molar refractivity (Wildman–Crippen MR) is 99.3 cm³/mol. The third-order valence-corrected chi connectivity index (χ3v) is 5.14. The number of aromatic nitrogens is 2. The Morgan fingerprint density at radius 1 is 1.19 bits per heavy atom. The van der Waals surface area contributed by atoms with Crippen LogP contribution in [-0.2, 0) is 16.7 Å². The molecule has 1 fully saturated rings. The second kappa shape index (κ2) is 8.27. The third-order valence-electron chi connectivity index (χ3n) is 5.14. The number of hydrogen-bond acceptors (Lipinski definition) is 4. The van der Waals surface area contributed by atoms with E-state index in [2.05, 4.69) is 22.5 Å². The van der Waals surface area contributed by atoms with E-state index in [1.165, 1.54) is 35.2 Å². The van der Waals surface area contributed by atoms with Gasteiger partial charge < -0.3 is 10.1 Å². The number of rotatable bonds is 7. The first kappa shape index (κ1) is 18.3. The van der Waals surface area contributed by atoms with Crippen LogP contribution in [0.2, 0.25) is 0 Å². The molecule has 1 heterocycles. The smallest absolute Gasteiger partial charge is 0.271 e. The first-order chi connectivity index (χ1) is 12.6. The molecule has 0 bridgehead atoms. The maximum atomic E-state index is 12.6. The Kier molecular flexibility index (Phi) is 5.83. The van der Waals surface area contributed by atoms with E-state index >= 15 is 0 Å². The summed E-state index contributed by atoms with van der Waals surface area (Å²) in [6, 6.07) is 13.2. The normalized spacial score (nSPS) is 15.7. The first-order valence-corrected chi connectivity index (χ1v) is 9.05. The van der Waals surface area contributed by atoms with Crippen LogP contribution in [0.5, 0.6) is 0 Å². The molecule has 6 heteroatoms. The SMILES string of the molecule is COCCn1nc(C(=O)NCC2(c3ccccc3)CCCC2)ccc1=O. The number of nitrogens with zero attached hydrogens (tertiary/aromatic N) is 2. The summed E-state index contributed by atoms with van der Waals surface area (Å²) in [7, 11) is 1.56. The molecule has 1 saturated carbocycles. The minimum absolute atomic E-state index is 0.0125. The Balaban J connectivity index is 1.72. The molecule has 0 radical (unpaired) electrons. The van der Waals surface area contributed by atoms with Gasteiger partial charge in [0, 0.05) is 25.1 Å². The van der Waals surface area contributed by atoms with Crippen LogP contribution in [0, 0.1) is 0 Å². The van der Waals surface area contributed by atoms with Crippen molar-refractivity contribution in [1.82, 2.24) is 15.1 Å². The van der Waals surface area contributed by atoms with Gasteiger partial charge in [0.05, 0.1) is 13.2 Å². The molecule has 1 aromatic heterocycles. The highest BCUT2D eigenvalue weighted by molar-refractivity contribution is 5.92. The van der Waals surface area contributed by atoms with Crippen LogP contribution in [0.4, 0.5) is 0 Å². The van der Waals surface area contributed by atoms with Gasteiger partial charge in [0.15, 0.2) is 0 Å². The van der Waals surface area contributed by atoms with Gasteiger partial charge in [0.1, 0.15) is 5.69 Å². The molecule has 1 aromatic carbocycles. The summed E-state index contributed by atoms with van der Waals surface area (Å²) in [6.07, 6.45) is 4.48. The lowest BCUT2D eigenvalue weighted by Gasteiger charge is -2.30. The van der Waals surface area contributed by atoms with E-state index in [0.29, 0.717) is 19.7 Å². The van der Waals surface area contributed by atoms with E-state index in [1.807, 2.05) is 18.2 Å². The molecule has 2 aromatic rings. The van der Waals surface area contributed by atoms with Gasteiger partial charge in [0.2, 0.25) is 0 Å². The number of carbonyl (C=O) groups excluding carboxylic acids is 1. The van der Waals surface area contributed by atoms with Gasteiger partial charge in [-0.3, -0.25) is 9.59 Å². The molecule has 138 valence electrons. The second-order valence-corrected chi connectivity index (χ2v) is 6.81. The van der Waals surface area contributed by atoms with Crippen LogP contribution in [-0.4, -0.2) is 35.9 Å². The Labute approximate surface area is 153 Å². The van der Waals surface area contributed by atoms with Crippen molar-refractivity contribution < 1.29 is 9.53 Å². The fourth-order valence-corrected chi connectivity index (χ4v) is 3.66. The van der Waals surface area contributed by atoms with Gasteiger partial charge in [0.25, 0.3) is 11.5 Å². The summed E-state index contributed by atoms with van der Waals surface area (Å²) in [5.41, 5.74) is 1.27. The van der Waals surface area contributed by atoms with Gasteiger partial charge in [-0.15, -0.1) is 0 Å². The molecule has 26 heavy (non-hydrogen) atoms. The van der Waals surface area contributed by atoms with Gasteiger partial charge in [-0.25, -0.2) is 4.68 Å². The highest BCUT2D eigenvalue weighted by atomic mass is 16.5. The number of nitrogens with one attached hydrogen (secondary N) is 1. The van der Waals surface area contributed by atoms with E-state index in [4.69, 9.17) is 4.74 Å². The molecule has 0 atom stereocenters. The average molecular weight is 355 g/mol. The number of methoxy groups -OCH3 is 1. The minimum Gasteiger partial charge on any atom is -0.383 e. The number of ether oxygens (including phenoxy) is 1. The second-order valence-electron chi connectivity index (χ2n) is 6.81. The van der Waals surface area contributed by atoms with Crippen LogP contribution < -0.4 is 10.9 Å². The topological polar surface area (TPSA) is 73.2 Å². The van der Waals surface area contributed by atoms with Crippen LogP contribution in [0.1, 0.15) is 41.7 Å². The minimum atomic E-state index is -0.252. The zero-order valence-electron chi connectivity index (χ0n) is 15.1. The number of amides is 1. The van der Waals surface area contributed by atoms with Crippen LogP contribution >= 0.6 is 0 Å². The van der Waals surface area contributed by atoms with Gasteiger partial charge in [-0.1, -0.05) is 43.2 Å². The maximum Gasteiger partial charge on any atom is 0.271 e. The lowest BCUT2D eigenvalue weighted by molar-refractivity contribution is 0.0934. The van der Waals surface area contributed by atoms with Crippen molar-refractivity contribution in [2.45, 2.75) is 37.6 Å². The standard InChI is InChI=1S/C20H25N3O3/c1-26-14-13-23-18(24)10-9-17(22-23)19(25)21-15-20(11-5-6-12-20)16-7-3-2-4-8-16/h2-4,7-10H,5-6,11-15H2,1H3,(H,21,25). The third kappa shape index (κ3) is 4.02. The fraction of sp³-hybridized carbons (Fsp3) is 0.450. The summed E-state index contributed by atoms with van der Waals surface area (Å²) in [6.45, 7) is 1.27. The molecule has 0 spiro atoms. The quantitative estimate of drug-likeness (QED) is 0.826. The Morgan fingerprint density at radius 3 is 2.62 bits per heavy atom. The molecule has 0 saturated heterocycles. The Bertz CT molecular complexity index is 795. The fourth-order valence-electron chi connectivity index (χ4n) is 3.66. The van der Waals surface area contributed by atoms with E-state index in [0.717, 1.165) is 12.8 Å². The molecular weight excluding hydrogens is 330 g/mol. The number of hydrogen-bond donors (Lipinski definition) is 1. The Morgan fingerprint density at radius 2 is 1.92 bits per heavy atom. The molecule has 0 unspecified atom stereocenters. The molecule has 1 aliphatic carbocycles. The lowest BCUT2D eigenvalue weighted by atomic mass is 9.79. The summed E-state index contributed by atoms with van der Waals surface area (Å²) in [5, 5.41) is 7.20. The van der Waals surface area contributed by atoms with Crippen molar-refractivity contribution in [3.8, 4) is 0 Å². The van der Waals surface area contributed by atoms with Crippen LogP contribution in [0.25, 0.3) is 0 Å². The van der Waals surface area contributed by atoms with Crippen molar-refractivity contribution in [2.24, 2.45) is 0 Å². The van der Waals surface area contributed by atoms with Gasteiger partial charge >= 0.3 is 0 Å². The van der Waals surface area contributed by atoms with Crippen LogP contribution in [0.3, 0.4) is 0 Å². The predicted octanol–water partition coefficient (Wildman–Crippen LogP) is 2.13. The lowest BCUT2D eigenvalue weighted by Crippen LogP contribution is -2.40. The Hall–Kier alpha value is -2.47. The summed E-state index contributed by atoms with van der Waals surface area (Å²) < 4.78 is 6.24. The van der Waals surface area contributed by atoms with Crippen molar-refractivity contribution in [3.05, 3.63) is 64.1 Å². The van der Waals surface area contributed by atoms with Gasteiger partial charge in [-0.05, 0) is 24.5 Å². The molecular formula is C20H25N3O3. The van der Waals surface area contributed by atoms with E-state index in [-0.39, 0.29) is 22.6 Å². The highest BCUT2D eigenvalue weighted by Crippen LogP contribution is 2.40.